The number of hydrogen-bond donors (Lipinski definition) is 1. The van der Waals surface area contributed by atoms with Gasteiger partial charge in [0.1, 0.15) is 17.2 Å². The molecule has 3 heterocycles. The molecule has 1 saturated carbocycles. The molecule has 0 spiro atoms. The molecule has 0 aliphatic heterocycles. The summed E-state index contributed by atoms with van der Waals surface area (Å²) in [4.78, 5) is 14.3. The molecular weight excluding hydrogens is 336 g/mol. The maximum absolute atomic E-state index is 4.81. The van der Waals surface area contributed by atoms with Crippen LogP contribution in [0.3, 0.4) is 0 Å². The van der Waals surface area contributed by atoms with Crippen LogP contribution in [-0.4, -0.2) is 24.6 Å². The predicted octanol–water partition coefficient (Wildman–Crippen LogP) is 2.91. The lowest BCUT2D eigenvalue weighted by Crippen LogP contribution is -2.29. The van der Waals surface area contributed by atoms with Gasteiger partial charge in [-0.1, -0.05) is 40.3 Å². The second kappa shape index (κ2) is 6.30. The highest BCUT2D eigenvalue weighted by molar-refractivity contribution is 5.58. The van der Waals surface area contributed by atoms with Crippen LogP contribution in [0.1, 0.15) is 41.8 Å². The number of aryl methyl sites for hydroxylation is 4. The molecule has 1 aromatic carbocycles. The van der Waals surface area contributed by atoms with E-state index in [-0.39, 0.29) is 0 Å². The Morgan fingerprint density at radius 1 is 1.11 bits per heavy atom. The zero-order chi connectivity index (χ0) is 18.4. The van der Waals surface area contributed by atoms with E-state index in [9.17, 15) is 0 Å². The van der Waals surface area contributed by atoms with E-state index in [1.54, 1.807) is 0 Å². The highest BCUT2D eigenvalue weighted by Gasteiger charge is 2.30. The van der Waals surface area contributed by atoms with Crippen LogP contribution >= 0.6 is 0 Å². The molecule has 1 aliphatic rings. The fourth-order valence-electron chi connectivity index (χ4n) is 3.54. The van der Waals surface area contributed by atoms with Crippen molar-refractivity contribution in [3.63, 3.8) is 0 Å². The number of benzene rings is 1. The maximum Gasteiger partial charge on any atom is 0.457 e. The summed E-state index contributed by atoms with van der Waals surface area (Å²) in [6.07, 6.45) is 6.23. The van der Waals surface area contributed by atoms with Gasteiger partial charge in [0.25, 0.3) is 0 Å². The van der Waals surface area contributed by atoms with E-state index >= 15 is 0 Å². The summed E-state index contributed by atoms with van der Waals surface area (Å²) in [7, 11) is 2.05. The third-order valence-corrected chi connectivity index (χ3v) is 5.24. The van der Waals surface area contributed by atoms with E-state index in [0.717, 1.165) is 47.2 Å². The number of aromatic nitrogens is 6. The summed E-state index contributed by atoms with van der Waals surface area (Å²) in [5, 5.41) is 3.38. The highest BCUT2D eigenvalue weighted by atomic mass is 15.3. The molecule has 6 heteroatoms. The summed E-state index contributed by atoms with van der Waals surface area (Å²) >= 11 is 0. The van der Waals surface area contributed by atoms with Gasteiger partial charge in [-0.2, -0.15) is 0 Å². The second-order valence-electron chi connectivity index (χ2n) is 7.42. The van der Waals surface area contributed by atoms with Crippen LogP contribution in [0.15, 0.2) is 42.6 Å². The van der Waals surface area contributed by atoms with E-state index in [2.05, 4.69) is 48.0 Å². The van der Waals surface area contributed by atoms with Gasteiger partial charge in [-0.3, -0.25) is 0 Å². The molecule has 0 amide bonds. The third kappa shape index (κ3) is 3.12. The van der Waals surface area contributed by atoms with Crippen LogP contribution in [0.2, 0.25) is 0 Å². The van der Waals surface area contributed by atoms with E-state index in [1.165, 1.54) is 18.5 Å². The van der Waals surface area contributed by atoms with Crippen molar-refractivity contribution >= 4 is 5.78 Å². The summed E-state index contributed by atoms with van der Waals surface area (Å²) in [5.74, 6) is 3.42. The summed E-state index contributed by atoms with van der Waals surface area (Å²) in [6, 6.07) is 12.5. The Balaban J connectivity index is 1.37. The zero-order valence-corrected chi connectivity index (χ0v) is 15.7. The number of aromatic amines is 1. The fourth-order valence-corrected chi connectivity index (χ4v) is 3.54. The van der Waals surface area contributed by atoms with Crippen molar-refractivity contribution in [3.8, 4) is 11.3 Å². The molecule has 0 radical (unpaired) electrons. The van der Waals surface area contributed by atoms with Gasteiger partial charge in [-0.25, -0.2) is 10.1 Å². The Hall–Kier alpha value is -3.02. The summed E-state index contributed by atoms with van der Waals surface area (Å²) < 4.78 is 4.09. The third-order valence-electron chi connectivity index (χ3n) is 5.24. The quantitative estimate of drug-likeness (QED) is 0.557. The molecular formula is C21H23N6+. The summed E-state index contributed by atoms with van der Waals surface area (Å²) in [6.45, 7) is 2.10. The largest absolute Gasteiger partial charge is 0.457 e. The molecule has 1 fully saturated rings. The molecule has 3 aromatic heterocycles. The standard InChI is InChI=1S/C21H22N6/c1-14-12-17(16-8-9-16)23-21-24-19(25-27(14)21)10-11-20-22-18(13-26(20)2)15-6-4-3-5-7-15/h3-7,12-13,16H,8-11H2,1-2H3/p+1. The number of nitrogens with zero attached hydrogens (tertiary/aromatic N) is 5. The van der Waals surface area contributed by atoms with Crippen LogP contribution in [0.4, 0.5) is 0 Å². The number of fused-ring (bicyclic) bond motifs is 1. The number of nitrogens with one attached hydrogen (secondary N) is 1. The van der Waals surface area contributed by atoms with E-state index in [1.807, 2.05) is 22.7 Å². The van der Waals surface area contributed by atoms with Crippen molar-refractivity contribution in [2.45, 2.75) is 38.5 Å². The average molecular weight is 359 g/mol. The Bertz CT molecular complexity index is 1100. The lowest BCUT2D eigenvalue weighted by Gasteiger charge is -1.97. The Kier molecular flexibility index (Phi) is 3.77. The van der Waals surface area contributed by atoms with Gasteiger partial charge < -0.3 is 4.57 Å². The van der Waals surface area contributed by atoms with Crippen LogP contribution in [0.25, 0.3) is 17.0 Å². The van der Waals surface area contributed by atoms with Crippen LogP contribution in [0.5, 0.6) is 0 Å². The molecule has 0 bridgehead atoms. The Morgan fingerprint density at radius 3 is 2.70 bits per heavy atom. The van der Waals surface area contributed by atoms with Crippen molar-refractivity contribution in [1.29, 1.82) is 0 Å². The molecule has 0 saturated heterocycles. The Morgan fingerprint density at radius 2 is 1.93 bits per heavy atom. The van der Waals surface area contributed by atoms with Crippen molar-refractivity contribution in [3.05, 3.63) is 65.6 Å². The number of hydrogen-bond acceptors (Lipinski definition) is 3. The average Bonchev–Trinajstić information content (AvgIpc) is 3.34. The Labute approximate surface area is 157 Å². The SMILES string of the molecule is Cc1cc(C2CC2)nc2nc(CCc3nc(-c4ccccc4)cn3C)[nH][n+]12. The van der Waals surface area contributed by atoms with Crippen LogP contribution in [0, 0.1) is 6.92 Å². The molecule has 1 N–H and O–H groups in total. The molecule has 0 atom stereocenters. The van der Waals surface area contributed by atoms with Crippen LogP contribution in [-0.2, 0) is 19.9 Å². The minimum absolute atomic E-state index is 0.637. The molecule has 6 nitrogen and oxygen atoms in total. The first kappa shape index (κ1) is 16.2. The van der Waals surface area contributed by atoms with Gasteiger partial charge >= 0.3 is 5.78 Å². The van der Waals surface area contributed by atoms with Crippen molar-refractivity contribution in [1.82, 2.24) is 24.6 Å². The lowest BCUT2D eigenvalue weighted by atomic mass is 10.2. The molecule has 27 heavy (non-hydrogen) atoms. The first-order valence-electron chi connectivity index (χ1n) is 9.53. The molecule has 1 aliphatic carbocycles. The van der Waals surface area contributed by atoms with Gasteiger partial charge in [0.15, 0.2) is 0 Å². The second-order valence-corrected chi connectivity index (χ2v) is 7.42. The van der Waals surface area contributed by atoms with E-state index in [4.69, 9.17) is 15.0 Å². The van der Waals surface area contributed by atoms with Gasteiger partial charge in [-0.05, 0) is 19.8 Å². The minimum Gasteiger partial charge on any atom is -0.337 e. The van der Waals surface area contributed by atoms with Gasteiger partial charge in [-0.15, -0.1) is 4.52 Å². The zero-order valence-electron chi connectivity index (χ0n) is 15.7. The maximum atomic E-state index is 4.81. The first-order chi connectivity index (χ1) is 13.2. The molecule has 4 aromatic rings. The number of H-pyrrole nitrogens is 1. The highest BCUT2D eigenvalue weighted by Crippen LogP contribution is 2.38. The molecule has 5 rings (SSSR count). The fraction of sp³-hybridized carbons (Fsp3) is 0.333. The smallest absolute Gasteiger partial charge is 0.337 e. The normalized spacial score (nSPS) is 14.1. The predicted molar refractivity (Wildman–Crippen MR) is 102 cm³/mol. The van der Waals surface area contributed by atoms with Crippen molar-refractivity contribution in [2.24, 2.45) is 7.05 Å². The number of imidazole rings is 1. The topological polar surface area (TPSA) is 63.5 Å². The van der Waals surface area contributed by atoms with E-state index < -0.39 is 0 Å². The van der Waals surface area contributed by atoms with Gasteiger partial charge in [0, 0.05) is 43.6 Å². The summed E-state index contributed by atoms with van der Waals surface area (Å²) in [5.41, 5.74) is 4.50. The van der Waals surface area contributed by atoms with Crippen molar-refractivity contribution in [2.75, 3.05) is 0 Å². The first-order valence-corrected chi connectivity index (χ1v) is 9.53. The monoisotopic (exact) mass is 359 g/mol. The van der Waals surface area contributed by atoms with Crippen LogP contribution < -0.4 is 4.52 Å². The van der Waals surface area contributed by atoms with Gasteiger partial charge in [0.05, 0.1) is 5.69 Å². The molecule has 0 unspecified atom stereocenters. The van der Waals surface area contributed by atoms with E-state index in [0.29, 0.717) is 5.92 Å². The molecule has 136 valence electrons. The minimum atomic E-state index is 0.637. The van der Waals surface area contributed by atoms with Gasteiger partial charge in [0.2, 0.25) is 5.82 Å². The number of rotatable bonds is 5. The lowest BCUT2D eigenvalue weighted by molar-refractivity contribution is -0.587. The van der Waals surface area contributed by atoms with Crippen molar-refractivity contribution < 1.29 is 4.52 Å².